The van der Waals surface area contributed by atoms with Gasteiger partial charge in [-0.15, -0.1) is 0 Å². The molecule has 0 bridgehead atoms. The molecule has 10 nitrogen and oxygen atoms in total. The van der Waals surface area contributed by atoms with Gasteiger partial charge in [0.2, 0.25) is 0 Å². The molecular formula is C38H65N3O7. The second-order valence-corrected chi connectivity index (χ2v) is 18.7. The summed E-state index contributed by atoms with van der Waals surface area (Å²) < 4.78 is 24.5. The number of methoxy groups -OCH3 is 1. The van der Waals surface area contributed by atoms with Crippen molar-refractivity contribution in [1.29, 1.82) is 0 Å². The van der Waals surface area contributed by atoms with Crippen molar-refractivity contribution in [1.82, 2.24) is 10.2 Å². The lowest BCUT2D eigenvalue weighted by Crippen LogP contribution is -2.70. The largest absolute Gasteiger partial charge is 0.446 e. The predicted molar refractivity (Wildman–Crippen MR) is 182 cm³/mol. The van der Waals surface area contributed by atoms with Gasteiger partial charge in [0, 0.05) is 45.3 Å². The lowest BCUT2D eigenvalue weighted by atomic mass is 9.43. The number of fused-ring (bicyclic) bond motifs is 4. The number of aliphatic hydroxyl groups excluding tert-OH is 1. The van der Waals surface area contributed by atoms with E-state index in [0.29, 0.717) is 25.2 Å². The molecule has 274 valence electrons. The third-order valence-corrected chi connectivity index (χ3v) is 15.8. The molecule has 13 atom stereocenters. The first-order valence-electron chi connectivity index (χ1n) is 19.2. The Morgan fingerprint density at radius 2 is 1.79 bits per heavy atom. The number of ether oxygens (including phenoxy) is 4. The summed E-state index contributed by atoms with van der Waals surface area (Å²) in [6, 6.07) is 0. The number of amides is 1. The van der Waals surface area contributed by atoms with Gasteiger partial charge in [-0.3, -0.25) is 4.90 Å². The summed E-state index contributed by atoms with van der Waals surface area (Å²) in [4.78, 5) is 15.3. The number of rotatable bonds is 9. The Morgan fingerprint density at radius 1 is 1.10 bits per heavy atom. The number of alkyl carbamates (subject to hydrolysis) is 1. The number of carbonyl (C=O) groups is 1. The maximum atomic E-state index is 13.0. The standard InChI is InChI=1S/C38H65N3O7/c1-9-46-31(34(5,6)44)24-18-22(2)28-29(47-24)30(42)38(39)26-11-10-25-33(3,4)27(48-32(43)40-16-17-41-19-23(20-41)45-8)12-13-36(25)21-37(26,36)15-14-35(28,38)7/h22-31,42,44H,9-21,39H2,1-8H3,(H,40,43)/t22-,24?,25+,26?,27+,28+,29?,30+,31+,35-,36?,37?,38+/m1/s1. The zero-order valence-corrected chi connectivity index (χ0v) is 30.9. The fourth-order valence-corrected chi connectivity index (χ4v) is 13.6. The van der Waals surface area contributed by atoms with E-state index in [1.165, 1.54) is 0 Å². The molecule has 0 aromatic heterocycles. The van der Waals surface area contributed by atoms with Crippen molar-refractivity contribution < 1.29 is 34.0 Å². The molecule has 5 unspecified atom stereocenters. The van der Waals surface area contributed by atoms with Gasteiger partial charge in [-0.05, 0) is 112 Å². The van der Waals surface area contributed by atoms with Crippen LogP contribution in [0.3, 0.4) is 0 Å². The fourth-order valence-electron chi connectivity index (χ4n) is 13.6. The van der Waals surface area contributed by atoms with Gasteiger partial charge in [0.15, 0.2) is 0 Å². The zero-order chi connectivity index (χ0) is 34.7. The zero-order valence-electron chi connectivity index (χ0n) is 30.9. The number of hydrogen-bond acceptors (Lipinski definition) is 9. The molecule has 7 aliphatic rings. The molecule has 5 aliphatic carbocycles. The van der Waals surface area contributed by atoms with E-state index in [1.807, 2.05) is 6.92 Å². The molecule has 0 aromatic carbocycles. The molecule has 1 amide bonds. The molecule has 0 radical (unpaired) electrons. The molecule has 7 rings (SSSR count). The SMILES string of the molecule is CCO[C@@H](C1C[C@@H](C)[C@H]2C(O1)[C@H](O)[C@@]1(N)C3CC[C@H]4C(C)(C)[C@@H](OC(=O)NCCN5CC(OC)C5)CCC45CC35CC[C@]21C)C(C)(C)O. The van der Waals surface area contributed by atoms with E-state index in [-0.39, 0.29) is 63.8 Å². The van der Waals surface area contributed by atoms with Crippen LogP contribution in [0.5, 0.6) is 0 Å². The molecule has 7 fully saturated rings. The van der Waals surface area contributed by atoms with Crippen molar-refractivity contribution in [2.75, 3.05) is 39.9 Å². The van der Waals surface area contributed by atoms with Crippen molar-refractivity contribution in [2.45, 2.75) is 148 Å². The van der Waals surface area contributed by atoms with Crippen molar-refractivity contribution >= 4 is 6.09 Å². The molecule has 5 N–H and O–H groups in total. The Kier molecular flexibility index (Phi) is 8.67. The summed E-state index contributed by atoms with van der Waals surface area (Å²) in [5.74, 6) is 1.12. The average molecular weight is 676 g/mol. The van der Waals surface area contributed by atoms with E-state index in [9.17, 15) is 15.0 Å². The van der Waals surface area contributed by atoms with Crippen LogP contribution in [-0.2, 0) is 18.9 Å². The van der Waals surface area contributed by atoms with Gasteiger partial charge >= 0.3 is 6.09 Å². The lowest BCUT2D eigenvalue weighted by Gasteiger charge is -2.63. The average Bonchev–Trinajstić information content (AvgIpc) is 3.62. The second kappa shape index (κ2) is 11.8. The van der Waals surface area contributed by atoms with Crippen LogP contribution in [-0.4, -0.2) is 109 Å². The van der Waals surface area contributed by atoms with Crippen molar-refractivity contribution in [3.63, 3.8) is 0 Å². The Bertz CT molecular complexity index is 1240. The minimum atomic E-state index is -1.06. The van der Waals surface area contributed by atoms with Crippen LogP contribution >= 0.6 is 0 Å². The van der Waals surface area contributed by atoms with E-state index in [4.69, 9.17) is 24.7 Å². The second-order valence-electron chi connectivity index (χ2n) is 18.7. The van der Waals surface area contributed by atoms with Crippen molar-refractivity contribution in [3.8, 4) is 0 Å². The van der Waals surface area contributed by atoms with Crippen LogP contribution in [0.25, 0.3) is 0 Å². The minimum Gasteiger partial charge on any atom is -0.446 e. The Balaban J connectivity index is 1.06. The van der Waals surface area contributed by atoms with E-state index in [2.05, 4.69) is 37.9 Å². The van der Waals surface area contributed by atoms with E-state index in [1.54, 1.807) is 21.0 Å². The lowest BCUT2D eigenvalue weighted by molar-refractivity contribution is -0.214. The molecule has 48 heavy (non-hydrogen) atoms. The van der Waals surface area contributed by atoms with Crippen molar-refractivity contribution in [2.24, 2.45) is 51.1 Å². The van der Waals surface area contributed by atoms with E-state index in [0.717, 1.165) is 71.0 Å². The highest BCUT2D eigenvalue weighted by Gasteiger charge is 2.85. The van der Waals surface area contributed by atoms with Gasteiger partial charge in [-0.1, -0.05) is 27.7 Å². The Hall–Kier alpha value is -1.01. The van der Waals surface area contributed by atoms with Crippen LogP contribution in [0.2, 0.25) is 0 Å². The summed E-state index contributed by atoms with van der Waals surface area (Å²) in [5.41, 5.74) is 5.88. The van der Waals surface area contributed by atoms with Crippen molar-refractivity contribution in [3.05, 3.63) is 0 Å². The minimum absolute atomic E-state index is 0.115. The maximum Gasteiger partial charge on any atom is 0.407 e. The first kappa shape index (κ1) is 35.4. The summed E-state index contributed by atoms with van der Waals surface area (Å²) in [7, 11) is 1.75. The smallest absolute Gasteiger partial charge is 0.407 e. The quantitative estimate of drug-likeness (QED) is 0.285. The Morgan fingerprint density at radius 3 is 2.46 bits per heavy atom. The molecule has 2 aliphatic heterocycles. The van der Waals surface area contributed by atoms with Gasteiger partial charge in [0.1, 0.15) is 12.2 Å². The highest BCUT2D eigenvalue weighted by atomic mass is 16.6. The summed E-state index contributed by atoms with van der Waals surface area (Å²) in [6.45, 7) is 18.5. The molecule has 10 heteroatoms. The monoisotopic (exact) mass is 675 g/mol. The van der Waals surface area contributed by atoms with Crippen LogP contribution in [0, 0.1) is 45.3 Å². The normalized spacial score (nSPS) is 48.6. The van der Waals surface area contributed by atoms with Gasteiger partial charge in [0.25, 0.3) is 0 Å². The predicted octanol–water partition coefficient (Wildman–Crippen LogP) is 4.09. The summed E-state index contributed by atoms with van der Waals surface area (Å²) >= 11 is 0. The van der Waals surface area contributed by atoms with Crippen LogP contribution < -0.4 is 11.1 Å². The van der Waals surface area contributed by atoms with Crippen LogP contribution in [0.1, 0.15) is 99.8 Å². The fraction of sp³-hybridized carbons (Fsp3) is 0.974. The highest BCUT2D eigenvalue weighted by Crippen LogP contribution is 2.87. The van der Waals surface area contributed by atoms with E-state index >= 15 is 0 Å². The number of hydrogen-bond donors (Lipinski definition) is 4. The molecule has 2 heterocycles. The van der Waals surface area contributed by atoms with Gasteiger partial charge < -0.3 is 40.2 Å². The van der Waals surface area contributed by atoms with Crippen LogP contribution in [0.4, 0.5) is 4.79 Å². The molecule has 0 aromatic rings. The third-order valence-electron chi connectivity index (χ3n) is 15.8. The number of nitrogens with one attached hydrogen (secondary N) is 1. The topological polar surface area (TPSA) is 136 Å². The number of nitrogens with two attached hydrogens (primary N) is 1. The number of aliphatic hydroxyl groups is 2. The van der Waals surface area contributed by atoms with E-state index < -0.39 is 23.3 Å². The maximum absolute atomic E-state index is 13.0. The van der Waals surface area contributed by atoms with Gasteiger partial charge in [-0.2, -0.15) is 0 Å². The molecule has 2 saturated heterocycles. The summed E-state index contributed by atoms with van der Waals surface area (Å²) in [5, 5.41) is 26.5. The molecule has 2 spiro atoms. The highest BCUT2D eigenvalue weighted by molar-refractivity contribution is 5.67. The third kappa shape index (κ3) is 4.85. The van der Waals surface area contributed by atoms with Gasteiger partial charge in [0.05, 0.1) is 35.6 Å². The van der Waals surface area contributed by atoms with Crippen LogP contribution in [0.15, 0.2) is 0 Å². The molecule has 5 saturated carbocycles. The van der Waals surface area contributed by atoms with Gasteiger partial charge in [-0.25, -0.2) is 4.79 Å². The first-order chi connectivity index (χ1) is 22.5. The summed E-state index contributed by atoms with van der Waals surface area (Å²) in [6.07, 6.45) is 6.00. The number of nitrogens with zero attached hydrogens (tertiary/aromatic N) is 1. The molecular weight excluding hydrogens is 610 g/mol. The number of likely N-dealkylation sites (tertiary alicyclic amines) is 1. The number of carbonyl (C=O) groups excluding carboxylic acids is 1. The Labute approximate surface area is 288 Å². The first-order valence-corrected chi connectivity index (χ1v) is 19.2.